The third-order valence-corrected chi connectivity index (χ3v) is 6.12. The molecule has 2 atom stereocenters. The van der Waals surface area contributed by atoms with Gasteiger partial charge in [-0.25, -0.2) is 4.79 Å². The molecule has 0 unspecified atom stereocenters. The van der Waals surface area contributed by atoms with Crippen molar-refractivity contribution in [2.24, 2.45) is 5.92 Å². The maximum atomic E-state index is 13.4. The van der Waals surface area contributed by atoms with Crippen LogP contribution in [0.3, 0.4) is 0 Å². The smallest absolute Gasteiger partial charge is 0.321 e. The summed E-state index contributed by atoms with van der Waals surface area (Å²) in [7, 11) is 1.66. The van der Waals surface area contributed by atoms with Crippen LogP contribution in [0, 0.1) is 5.92 Å². The van der Waals surface area contributed by atoms with Gasteiger partial charge in [0.1, 0.15) is 5.75 Å². The summed E-state index contributed by atoms with van der Waals surface area (Å²) < 4.78 is 5.25. The Bertz CT molecular complexity index is 869. The zero-order chi connectivity index (χ0) is 20.9. The number of para-hydroxylation sites is 1. The number of piperidine rings is 1. The first-order chi connectivity index (χ1) is 14.7. The highest BCUT2D eigenvalue weighted by Gasteiger charge is 2.36. The molecule has 6 heteroatoms. The van der Waals surface area contributed by atoms with Crippen molar-refractivity contribution < 1.29 is 14.3 Å². The number of carbonyl (C=O) groups is 2. The molecule has 6 nitrogen and oxygen atoms in total. The fourth-order valence-electron chi connectivity index (χ4n) is 4.52. The molecule has 0 bridgehead atoms. The second kappa shape index (κ2) is 9.20. The van der Waals surface area contributed by atoms with Crippen LogP contribution < -0.4 is 10.1 Å². The van der Waals surface area contributed by atoms with Gasteiger partial charge in [0, 0.05) is 25.3 Å². The molecule has 1 N–H and O–H groups in total. The maximum Gasteiger partial charge on any atom is 0.321 e. The summed E-state index contributed by atoms with van der Waals surface area (Å²) in [6.45, 7) is 1.94. The first-order valence-corrected chi connectivity index (χ1v) is 10.7. The Morgan fingerprint density at radius 1 is 0.967 bits per heavy atom. The van der Waals surface area contributed by atoms with E-state index in [1.54, 1.807) is 12.0 Å². The Hall–Kier alpha value is -3.02. The van der Waals surface area contributed by atoms with Crippen LogP contribution in [0.15, 0.2) is 54.6 Å². The van der Waals surface area contributed by atoms with Crippen molar-refractivity contribution >= 4 is 17.6 Å². The molecule has 0 radical (unpaired) electrons. The Kier molecular flexibility index (Phi) is 6.21. The molecule has 30 heavy (non-hydrogen) atoms. The number of hydrogen-bond donors (Lipinski definition) is 1. The number of likely N-dealkylation sites (tertiary alicyclic amines) is 2. The number of benzene rings is 2. The molecule has 158 valence electrons. The maximum absolute atomic E-state index is 13.4. The number of rotatable bonds is 4. The van der Waals surface area contributed by atoms with Crippen molar-refractivity contribution in [2.45, 2.75) is 31.7 Å². The molecule has 2 aliphatic heterocycles. The first-order valence-electron chi connectivity index (χ1n) is 10.7. The van der Waals surface area contributed by atoms with E-state index in [2.05, 4.69) is 17.4 Å². The van der Waals surface area contributed by atoms with Gasteiger partial charge in [-0.3, -0.25) is 4.79 Å². The summed E-state index contributed by atoms with van der Waals surface area (Å²) in [6.07, 6.45) is 3.66. The lowest BCUT2D eigenvalue weighted by Crippen LogP contribution is -2.47. The van der Waals surface area contributed by atoms with Gasteiger partial charge in [-0.15, -0.1) is 0 Å². The quantitative estimate of drug-likeness (QED) is 0.822. The van der Waals surface area contributed by atoms with Gasteiger partial charge in [0.05, 0.1) is 19.1 Å². The topological polar surface area (TPSA) is 61.9 Å². The van der Waals surface area contributed by atoms with Gasteiger partial charge in [-0.05, 0) is 55.5 Å². The second-order valence-electron chi connectivity index (χ2n) is 8.04. The van der Waals surface area contributed by atoms with Gasteiger partial charge >= 0.3 is 6.03 Å². The van der Waals surface area contributed by atoms with E-state index in [1.165, 1.54) is 0 Å². The standard InChI is InChI=1S/C24H29N3O3/c1-30-21-13-11-18(12-14-21)22-10-6-16-27(22)23(28)19-7-5-15-26(17-19)24(29)25-20-8-3-2-4-9-20/h2-4,8-9,11-14,19,22H,5-7,10,15-17H2,1H3,(H,25,29)/t19-,22+/m1/s1. The SMILES string of the molecule is COc1ccc([C@@H]2CCCN2C(=O)[C@@H]2CCCN(C(=O)Nc3ccccc3)C2)cc1. The van der Waals surface area contributed by atoms with Gasteiger partial charge in [-0.2, -0.15) is 0 Å². The number of amides is 3. The molecule has 0 saturated carbocycles. The lowest BCUT2D eigenvalue weighted by molar-refractivity contribution is -0.137. The monoisotopic (exact) mass is 407 g/mol. The van der Waals surface area contributed by atoms with Crippen molar-refractivity contribution in [3.05, 3.63) is 60.2 Å². The number of ether oxygens (including phenoxy) is 1. The van der Waals surface area contributed by atoms with Crippen LogP contribution in [0.25, 0.3) is 0 Å². The summed E-state index contributed by atoms with van der Waals surface area (Å²) >= 11 is 0. The Balaban J connectivity index is 1.41. The van der Waals surface area contributed by atoms with Gasteiger partial charge in [0.2, 0.25) is 5.91 Å². The van der Waals surface area contributed by atoms with Crippen LogP contribution in [0.1, 0.15) is 37.3 Å². The third-order valence-electron chi connectivity index (χ3n) is 6.12. The molecule has 2 aromatic rings. The minimum Gasteiger partial charge on any atom is -0.497 e. The van der Waals surface area contributed by atoms with Gasteiger partial charge in [0.15, 0.2) is 0 Å². The van der Waals surface area contributed by atoms with Crippen LogP contribution in [0.4, 0.5) is 10.5 Å². The molecule has 0 aromatic heterocycles. The fourth-order valence-corrected chi connectivity index (χ4v) is 4.52. The molecule has 3 amide bonds. The van der Waals surface area contributed by atoms with Gasteiger partial charge in [0.25, 0.3) is 0 Å². The fraction of sp³-hybridized carbons (Fsp3) is 0.417. The molecule has 0 spiro atoms. The number of carbonyl (C=O) groups excluding carboxylic acids is 2. The van der Waals surface area contributed by atoms with E-state index in [-0.39, 0.29) is 23.9 Å². The summed E-state index contributed by atoms with van der Waals surface area (Å²) in [4.78, 5) is 29.9. The van der Waals surface area contributed by atoms with Crippen LogP contribution in [0.2, 0.25) is 0 Å². The van der Waals surface area contributed by atoms with Crippen molar-refractivity contribution in [1.29, 1.82) is 0 Å². The Labute approximate surface area is 177 Å². The lowest BCUT2D eigenvalue weighted by Gasteiger charge is -2.35. The molecule has 2 saturated heterocycles. The average Bonchev–Trinajstić information content (AvgIpc) is 3.29. The molecule has 2 aliphatic rings. The van der Waals surface area contributed by atoms with Crippen LogP contribution in [-0.4, -0.2) is 48.5 Å². The highest BCUT2D eigenvalue weighted by Crippen LogP contribution is 2.35. The number of hydrogen-bond acceptors (Lipinski definition) is 3. The van der Waals surface area contributed by atoms with E-state index in [9.17, 15) is 9.59 Å². The van der Waals surface area contributed by atoms with Crippen LogP contribution in [-0.2, 0) is 4.79 Å². The van der Waals surface area contributed by atoms with E-state index < -0.39 is 0 Å². The summed E-state index contributed by atoms with van der Waals surface area (Å²) in [5, 5.41) is 2.94. The summed E-state index contributed by atoms with van der Waals surface area (Å²) in [5.74, 6) is 0.853. The van der Waals surface area contributed by atoms with Gasteiger partial charge < -0.3 is 19.9 Å². The average molecular weight is 408 g/mol. The van der Waals surface area contributed by atoms with E-state index in [4.69, 9.17) is 4.74 Å². The third kappa shape index (κ3) is 4.42. The van der Waals surface area contributed by atoms with Crippen LogP contribution in [0.5, 0.6) is 5.75 Å². The summed E-state index contributed by atoms with van der Waals surface area (Å²) in [6, 6.07) is 17.4. The molecule has 2 aromatic carbocycles. The van der Waals surface area contributed by atoms with Crippen molar-refractivity contribution in [3.8, 4) is 5.75 Å². The van der Waals surface area contributed by atoms with E-state index in [1.807, 2.05) is 47.4 Å². The largest absolute Gasteiger partial charge is 0.497 e. The van der Waals surface area contributed by atoms with E-state index in [0.29, 0.717) is 13.1 Å². The second-order valence-corrected chi connectivity index (χ2v) is 8.04. The normalized spacial score (nSPS) is 21.4. The van der Waals surface area contributed by atoms with Crippen LogP contribution >= 0.6 is 0 Å². The summed E-state index contributed by atoms with van der Waals surface area (Å²) in [5.41, 5.74) is 1.92. The minimum absolute atomic E-state index is 0.108. The van der Waals surface area contributed by atoms with Crippen molar-refractivity contribution in [1.82, 2.24) is 9.80 Å². The number of urea groups is 1. The number of methoxy groups -OCH3 is 1. The predicted molar refractivity (Wildman–Crippen MR) is 116 cm³/mol. The zero-order valence-corrected chi connectivity index (χ0v) is 17.4. The van der Waals surface area contributed by atoms with E-state index in [0.717, 1.165) is 49.2 Å². The first kappa shape index (κ1) is 20.3. The predicted octanol–water partition coefficient (Wildman–Crippen LogP) is 4.30. The molecule has 2 fully saturated rings. The molecular weight excluding hydrogens is 378 g/mol. The molecule has 0 aliphatic carbocycles. The van der Waals surface area contributed by atoms with Gasteiger partial charge in [-0.1, -0.05) is 30.3 Å². The zero-order valence-electron chi connectivity index (χ0n) is 17.4. The minimum atomic E-state index is -0.140. The Morgan fingerprint density at radius 3 is 2.43 bits per heavy atom. The van der Waals surface area contributed by atoms with E-state index >= 15 is 0 Å². The molecular formula is C24H29N3O3. The lowest BCUT2D eigenvalue weighted by atomic mass is 9.95. The number of nitrogens with zero attached hydrogens (tertiary/aromatic N) is 2. The number of nitrogens with one attached hydrogen (secondary N) is 1. The molecule has 2 heterocycles. The van der Waals surface area contributed by atoms with Crippen molar-refractivity contribution in [2.75, 3.05) is 32.1 Å². The highest BCUT2D eigenvalue weighted by atomic mass is 16.5. The Morgan fingerprint density at radius 2 is 1.70 bits per heavy atom. The number of anilines is 1. The molecule has 4 rings (SSSR count). The van der Waals surface area contributed by atoms with Crippen molar-refractivity contribution in [3.63, 3.8) is 0 Å². The highest BCUT2D eigenvalue weighted by molar-refractivity contribution is 5.90.